The molecular weight excluding hydrogens is 258 g/mol. The minimum Gasteiger partial charge on any atom is -0.453 e. The summed E-state index contributed by atoms with van der Waals surface area (Å²) in [5.74, 6) is -0.0938. The van der Waals surface area contributed by atoms with Crippen LogP contribution in [0.25, 0.3) is 0 Å². The number of nitrogens with one attached hydrogen (secondary N) is 1. The minimum atomic E-state index is -0.484. The third-order valence-electron chi connectivity index (χ3n) is 3.24. The Morgan fingerprint density at radius 1 is 1.40 bits per heavy atom. The highest BCUT2D eigenvalue weighted by Crippen LogP contribution is 2.14. The van der Waals surface area contributed by atoms with Crippen molar-refractivity contribution in [1.29, 1.82) is 5.26 Å². The lowest BCUT2D eigenvalue weighted by Crippen LogP contribution is -2.38. The van der Waals surface area contributed by atoms with Gasteiger partial charge in [-0.1, -0.05) is 0 Å². The lowest BCUT2D eigenvalue weighted by atomic mass is 10.1. The fraction of sp³-hybridized carbons (Fsp3) is 0.357. The number of amides is 2. The van der Waals surface area contributed by atoms with Crippen LogP contribution in [0.15, 0.2) is 24.3 Å². The highest BCUT2D eigenvalue weighted by atomic mass is 16.5. The standard InChI is InChI=1S/C14H15N3O3/c1-20-14(19)16-12-6-7-17(9-12)13(18)11-4-2-10(8-15)3-5-11/h2-5,12H,6-7,9H2,1H3,(H,16,19). The van der Waals surface area contributed by atoms with E-state index in [1.807, 2.05) is 6.07 Å². The molecule has 0 spiro atoms. The number of methoxy groups -OCH3 is 1. The normalized spacial score (nSPS) is 17.4. The van der Waals surface area contributed by atoms with Gasteiger partial charge in [0.25, 0.3) is 5.91 Å². The second kappa shape index (κ2) is 6.06. The molecule has 2 amide bonds. The smallest absolute Gasteiger partial charge is 0.407 e. The molecule has 1 aromatic rings. The summed E-state index contributed by atoms with van der Waals surface area (Å²) in [5.41, 5.74) is 1.07. The van der Waals surface area contributed by atoms with Gasteiger partial charge >= 0.3 is 6.09 Å². The molecule has 1 aliphatic rings. The number of carbonyl (C=O) groups excluding carboxylic acids is 2. The number of rotatable bonds is 2. The molecule has 1 atom stereocenters. The number of ether oxygens (including phenoxy) is 1. The van der Waals surface area contributed by atoms with Crippen molar-refractivity contribution in [1.82, 2.24) is 10.2 Å². The molecule has 1 saturated heterocycles. The van der Waals surface area contributed by atoms with E-state index in [-0.39, 0.29) is 11.9 Å². The average molecular weight is 273 g/mol. The van der Waals surface area contributed by atoms with Crippen LogP contribution in [-0.4, -0.2) is 43.1 Å². The molecule has 0 saturated carbocycles. The molecule has 1 aromatic carbocycles. The number of nitrogens with zero attached hydrogens (tertiary/aromatic N) is 2. The Labute approximate surface area is 116 Å². The number of hydrogen-bond acceptors (Lipinski definition) is 4. The zero-order valence-corrected chi connectivity index (χ0v) is 11.1. The number of nitriles is 1. The van der Waals surface area contributed by atoms with Crippen LogP contribution < -0.4 is 5.32 Å². The molecule has 0 bridgehead atoms. The van der Waals surface area contributed by atoms with Crippen LogP contribution in [0, 0.1) is 11.3 Å². The molecule has 1 aliphatic heterocycles. The predicted molar refractivity (Wildman–Crippen MR) is 71.0 cm³/mol. The van der Waals surface area contributed by atoms with Gasteiger partial charge in [-0.2, -0.15) is 5.26 Å². The van der Waals surface area contributed by atoms with E-state index in [1.54, 1.807) is 29.2 Å². The average Bonchev–Trinajstić information content (AvgIpc) is 2.95. The van der Waals surface area contributed by atoms with Gasteiger partial charge in [0, 0.05) is 18.7 Å². The first-order valence-electron chi connectivity index (χ1n) is 6.28. The van der Waals surface area contributed by atoms with Crippen LogP contribution >= 0.6 is 0 Å². The molecule has 6 heteroatoms. The van der Waals surface area contributed by atoms with Gasteiger partial charge in [-0.05, 0) is 30.7 Å². The Bertz CT molecular complexity index is 548. The molecule has 1 unspecified atom stereocenters. The van der Waals surface area contributed by atoms with Gasteiger partial charge < -0.3 is 15.0 Å². The Kier molecular flexibility index (Phi) is 4.20. The van der Waals surface area contributed by atoms with Crippen molar-refractivity contribution in [3.63, 3.8) is 0 Å². The molecule has 6 nitrogen and oxygen atoms in total. The van der Waals surface area contributed by atoms with E-state index in [0.717, 1.165) is 0 Å². The summed E-state index contributed by atoms with van der Waals surface area (Å²) < 4.78 is 4.53. The van der Waals surface area contributed by atoms with Gasteiger partial charge in [-0.3, -0.25) is 4.79 Å². The Morgan fingerprint density at radius 2 is 2.10 bits per heavy atom. The quantitative estimate of drug-likeness (QED) is 0.875. The summed E-state index contributed by atoms with van der Waals surface area (Å²) in [4.78, 5) is 25.0. The molecule has 104 valence electrons. The Hall–Kier alpha value is -2.55. The summed E-state index contributed by atoms with van der Waals surface area (Å²) in [5, 5.41) is 11.4. The fourth-order valence-corrected chi connectivity index (χ4v) is 2.16. The highest BCUT2D eigenvalue weighted by molar-refractivity contribution is 5.94. The van der Waals surface area contributed by atoms with Gasteiger partial charge in [0.1, 0.15) is 0 Å². The van der Waals surface area contributed by atoms with Crippen molar-refractivity contribution < 1.29 is 14.3 Å². The first kappa shape index (κ1) is 13.9. The van der Waals surface area contributed by atoms with E-state index in [0.29, 0.717) is 30.6 Å². The van der Waals surface area contributed by atoms with Crippen LogP contribution in [-0.2, 0) is 4.74 Å². The second-order valence-electron chi connectivity index (χ2n) is 4.56. The molecule has 0 radical (unpaired) electrons. The van der Waals surface area contributed by atoms with Gasteiger partial charge in [0.05, 0.1) is 24.8 Å². The highest BCUT2D eigenvalue weighted by Gasteiger charge is 2.28. The molecule has 20 heavy (non-hydrogen) atoms. The molecular formula is C14H15N3O3. The SMILES string of the molecule is COC(=O)NC1CCN(C(=O)c2ccc(C#N)cc2)C1. The molecule has 1 heterocycles. The summed E-state index contributed by atoms with van der Waals surface area (Å²) in [6.07, 6.45) is 0.222. The molecule has 0 aromatic heterocycles. The van der Waals surface area contributed by atoms with E-state index in [9.17, 15) is 9.59 Å². The van der Waals surface area contributed by atoms with Crippen molar-refractivity contribution in [2.75, 3.05) is 20.2 Å². The summed E-state index contributed by atoms with van der Waals surface area (Å²) >= 11 is 0. The van der Waals surface area contributed by atoms with Crippen LogP contribution in [0.3, 0.4) is 0 Å². The van der Waals surface area contributed by atoms with E-state index in [1.165, 1.54) is 7.11 Å². The minimum absolute atomic E-state index is 0.0789. The van der Waals surface area contributed by atoms with Crippen molar-refractivity contribution in [3.8, 4) is 6.07 Å². The van der Waals surface area contributed by atoms with Gasteiger partial charge in [-0.15, -0.1) is 0 Å². The van der Waals surface area contributed by atoms with E-state index >= 15 is 0 Å². The third-order valence-corrected chi connectivity index (χ3v) is 3.24. The number of likely N-dealkylation sites (tertiary alicyclic amines) is 1. The zero-order valence-electron chi connectivity index (χ0n) is 11.1. The molecule has 1 fully saturated rings. The first-order valence-corrected chi connectivity index (χ1v) is 6.28. The largest absolute Gasteiger partial charge is 0.453 e. The first-order chi connectivity index (χ1) is 9.63. The van der Waals surface area contributed by atoms with Gasteiger partial charge in [0.2, 0.25) is 0 Å². The van der Waals surface area contributed by atoms with Crippen LogP contribution in [0.5, 0.6) is 0 Å². The van der Waals surface area contributed by atoms with Crippen molar-refractivity contribution in [3.05, 3.63) is 35.4 Å². The maximum absolute atomic E-state index is 12.2. The third kappa shape index (κ3) is 3.06. The fourth-order valence-electron chi connectivity index (χ4n) is 2.16. The molecule has 1 N–H and O–H groups in total. The van der Waals surface area contributed by atoms with Crippen LogP contribution in [0.2, 0.25) is 0 Å². The predicted octanol–water partition coefficient (Wildman–Crippen LogP) is 1.13. The number of alkyl carbamates (subject to hydrolysis) is 1. The lowest BCUT2D eigenvalue weighted by Gasteiger charge is -2.17. The molecule has 0 aliphatic carbocycles. The van der Waals surface area contributed by atoms with Gasteiger partial charge in [-0.25, -0.2) is 4.79 Å². The van der Waals surface area contributed by atoms with E-state index in [2.05, 4.69) is 10.1 Å². The summed E-state index contributed by atoms with van der Waals surface area (Å²) in [6, 6.07) is 8.45. The monoisotopic (exact) mass is 273 g/mol. The van der Waals surface area contributed by atoms with Crippen molar-refractivity contribution >= 4 is 12.0 Å². The number of benzene rings is 1. The second-order valence-corrected chi connectivity index (χ2v) is 4.56. The zero-order chi connectivity index (χ0) is 14.5. The van der Waals surface area contributed by atoms with E-state index in [4.69, 9.17) is 5.26 Å². The lowest BCUT2D eigenvalue weighted by molar-refractivity contribution is 0.0788. The van der Waals surface area contributed by atoms with Crippen LogP contribution in [0.4, 0.5) is 4.79 Å². The maximum atomic E-state index is 12.2. The van der Waals surface area contributed by atoms with Gasteiger partial charge in [0.15, 0.2) is 0 Å². The summed E-state index contributed by atoms with van der Waals surface area (Å²) in [7, 11) is 1.31. The summed E-state index contributed by atoms with van der Waals surface area (Å²) in [6.45, 7) is 1.06. The number of hydrogen-bond donors (Lipinski definition) is 1. The van der Waals surface area contributed by atoms with Crippen molar-refractivity contribution in [2.45, 2.75) is 12.5 Å². The molecule has 2 rings (SSSR count). The number of carbonyl (C=O) groups is 2. The maximum Gasteiger partial charge on any atom is 0.407 e. The Morgan fingerprint density at radius 3 is 2.70 bits per heavy atom. The Balaban J connectivity index is 1.97. The topological polar surface area (TPSA) is 82.4 Å². The van der Waals surface area contributed by atoms with E-state index < -0.39 is 6.09 Å². The van der Waals surface area contributed by atoms with Crippen LogP contribution in [0.1, 0.15) is 22.3 Å². The van der Waals surface area contributed by atoms with Crippen molar-refractivity contribution in [2.24, 2.45) is 0 Å².